The number of hydrogen-bond acceptors (Lipinski definition) is 3. The Morgan fingerprint density at radius 3 is 2.47 bits per heavy atom. The molecule has 3 nitrogen and oxygen atoms in total. The van der Waals surface area contributed by atoms with Crippen molar-refractivity contribution in [1.82, 2.24) is 9.97 Å². The minimum absolute atomic E-state index is 0.0449. The average Bonchev–Trinajstić information content (AvgIpc) is 2.30. The molecule has 0 amide bonds. The largest absolute Gasteiger partial charge is 0.419 e. The van der Waals surface area contributed by atoms with Crippen LogP contribution in [0, 0.1) is 5.82 Å². The molecule has 100 valence electrons. The Labute approximate surface area is 110 Å². The first-order valence-electron chi connectivity index (χ1n) is 4.97. The van der Waals surface area contributed by atoms with E-state index in [0.717, 1.165) is 12.4 Å². The lowest BCUT2D eigenvalue weighted by atomic mass is 10.2. The number of nitrogens with one attached hydrogen (secondary N) is 1. The van der Waals surface area contributed by atoms with E-state index in [1.807, 2.05) is 0 Å². The van der Waals surface area contributed by atoms with Crippen LogP contribution in [-0.2, 0) is 6.18 Å². The third kappa shape index (κ3) is 3.31. The fourth-order valence-corrected chi connectivity index (χ4v) is 1.52. The molecule has 0 atom stereocenters. The van der Waals surface area contributed by atoms with Crippen LogP contribution in [-0.4, -0.2) is 9.97 Å². The van der Waals surface area contributed by atoms with Gasteiger partial charge in [-0.25, -0.2) is 14.4 Å². The molecular weight excluding hydrogens is 286 g/mol. The zero-order valence-electron chi connectivity index (χ0n) is 9.17. The van der Waals surface area contributed by atoms with E-state index in [-0.39, 0.29) is 16.7 Å². The van der Waals surface area contributed by atoms with E-state index >= 15 is 0 Å². The van der Waals surface area contributed by atoms with Crippen molar-refractivity contribution in [3.8, 4) is 0 Å². The Balaban J connectivity index is 2.32. The molecule has 19 heavy (non-hydrogen) atoms. The smallest absolute Gasteiger partial charge is 0.340 e. The molecule has 1 aromatic carbocycles. The highest BCUT2D eigenvalue weighted by Gasteiger charge is 2.34. The van der Waals surface area contributed by atoms with Gasteiger partial charge in [0.25, 0.3) is 0 Å². The molecule has 0 aliphatic carbocycles. The molecule has 0 bridgehead atoms. The van der Waals surface area contributed by atoms with E-state index in [1.54, 1.807) is 0 Å². The predicted molar refractivity (Wildman–Crippen MR) is 61.7 cm³/mol. The third-order valence-electron chi connectivity index (χ3n) is 2.18. The van der Waals surface area contributed by atoms with Gasteiger partial charge in [-0.15, -0.1) is 0 Å². The summed E-state index contributed by atoms with van der Waals surface area (Å²) < 4.78 is 50.6. The summed E-state index contributed by atoms with van der Waals surface area (Å²) in [5.41, 5.74) is -1.30. The van der Waals surface area contributed by atoms with Gasteiger partial charge >= 0.3 is 6.18 Å². The van der Waals surface area contributed by atoms with E-state index in [0.29, 0.717) is 6.07 Å². The highest BCUT2D eigenvalue weighted by Crippen LogP contribution is 2.33. The molecule has 0 unspecified atom stereocenters. The minimum Gasteiger partial charge on any atom is -0.340 e. The molecule has 8 heteroatoms. The van der Waals surface area contributed by atoms with Crippen molar-refractivity contribution in [3.05, 3.63) is 47.1 Å². The van der Waals surface area contributed by atoms with Gasteiger partial charge in [-0.2, -0.15) is 13.2 Å². The summed E-state index contributed by atoms with van der Waals surface area (Å²) in [5, 5.41) is 2.72. The van der Waals surface area contributed by atoms with Crippen LogP contribution in [0.5, 0.6) is 0 Å². The quantitative estimate of drug-likeness (QED) is 0.670. The van der Waals surface area contributed by atoms with Crippen LogP contribution in [0.3, 0.4) is 0 Å². The molecule has 1 heterocycles. The van der Waals surface area contributed by atoms with Gasteiger partial charge in [0.15, 0.2) is 0 Å². The summed E-state index contributed by atoms with van der Waals surface area (Å²) in [6, 6.07) is 3.89. The van der Waals surface area contributed by atoms with Crippen molar-refractivity contribution >= 4 is 23.1 Å². The molecule has 0 saturated heterocycles. The van der Waals surface area contributed by atoms with Crippen LogP contribution in [0.15, 0.2) is 30.6 Å². The Morgan fingerprint density at radius 2 is 1.84 bits per heavy atom. The van der Waals surface area contributed by atoms with Crippen LogP contribution in [0.25, 0.3) is 0 Å². The summed E-state index contributed by atoms with van der Waals surface area (Å²) in [6.07, 6.45) is -3.61. The molecule has 0 radical (unpaired) electrons. The lowest BCUT2D eigenvalue weighted by molar-refractivity contribution is -0.139. The fraction of sp³-hybridized carbons (Fsp3) is 0.0909. The number of halogens is 5. The van der Waals surface area contributed by atoms with Crippen molar-refractivity contribution in [3.63, 3.8) is 0 Å². The Kier molecular flexibility index (Phi) is 3.57. The normalized spacial score (nSPS) is 11.4. The maximum absolute atomic E-state index is 13.1. The standard InChI is InChI=1S/C11H6ClF4N3/c12-9-4-10(18-5-17-9)19-6-1-2-8(13)7(3-6)11(14,15)16/h1-5H,(H,17,18,19). The first-order chi connectivity index (χ1) is 8.86. The van der Waals surface area contributed by atoms with Gasteiger partial charge < -0.3 is 5.32 Å². The molecule has 0 saturated carbocycles. The van der Waals surface area contributed by atoms with E-state index in [4.69, 9.17) is 11.6 Å². The summed E-state index contributed by atoms with van der Waals surface area (Å²) in [4.78, 5) is 7.39. The molecule has 0 aliphatic heterocycles. The molecule has 2 rings (SSSR count). The fourth-order valence-electron chi connectivity index (χ4n) is 1.37. The van der Waals surface area contributed by atoms with Gasteiger partial charge in [0.2, 0.25) is 0 Å². The van der Waals surface area contributed by atoms with Crippen LogP contribution < -0.4 is 5.32 Å². The van der Waals surface area contributed by atoms with Gasteiger partial charge in [0, 0.05) is 11.8 Å². The van der Waals surface area contributed by atoms with Crippen LogP contribution >= 0.6 is 11.6 Å². The highest BCUT2D eigenvalue weighted by molar-refractivity contribution is 6.29. The second-order valence-electron chi connectivity index (χ2n) is 3.54. The molecule has 1 aromatic heterocycles. The zero-order chi connectivity index (χ0) is 14.0. The van der Waals surface area contributed by atoms with Gasteiger partial charge in [-0.3, -0.25) is 0 Å². The van der Waals surface area contributed by atoms with Crippen molar-refractivity contribution in [1.29, 1.82) is 0 Å². The number of benzene rings is 1. The summed E-state index contributed by atoms with van der Waals surface area (Å²) in [7, 11) is 0. The van der Waals surface area contributed by atoms with Crippen LogP contribution in [0.1, 0.15) is 5.56 Å². The van der Waals surface area contributed by atoms with Gasteiger partial charge in [0.1, 0.15) is 23.1 Å². The number of aromatic nitrogens is 2. The average molecular weight is 292 g/mol. The van der Waals surface area contributed by atoms with Gasteiger partial charge in [0.05, 0.1) is 5.56 Å². The number of nitrogens with zero attached hydrogens (tertiary/aromatic N) is 2. The SMILES string of the molecule is Fc1ccc(Nc2cc(Cl)ncn2)cc1C(F)(F)F. The summed E-state index contributed by atoms with van der Waals surface area (Å²) in [6.45, 7) is 0. The maximum atomic E-state index is 13.1. The lowest BCUT2D eigenvalue weighted by Gasteiger charge is -2.11. The zero-order valence-corrected chi connectivity index (χ0v) is 9.93. The molecule has 0 aliphatic rings. The predicted octanol–water partition coefficient (Wildman–Crippen LogP) is 4.03. The monoisotopic (exact) mass is 291 g/mol. The highest BCUT2D eigenvalue weighted by atomic mass is 35.5. The van der Waals surface area contributed by atoms with E-state index in [9.17, 15) is 17.6 Å². The maximum Gasteiger partial charge on any atom is 0.419 e. The molecular formula is C11H6ClF4N3. The second-order valence-corrected chi connectivity index (χ2v) is 3.93. The first-order valence-corrected chi connectivity index (χ1v) is 5.35. The topological polar surface area (TPSA) is 37.8 Å². The Bertz CT molecular complexity index is 601. The van der Waals surface area contributed by atoms with Gasteiger partial charge in [-0.1, -0.05) is 11.6 Å². The first kappa shape index (κ1) is 13.5. The molecule has 2 aromatic rings. The second kappa shape index (κ2) is 5.00. The number of hydrogen-bond donors (Lipinski definition) is 1. The third-order valence-corrected chi connectivity index (χ3v) is 2.38. The Morgan fingerprint density at radius 1 is 1.11 bits per heavy atom. The van der Waals surface area contributed by atoms with Crippen molar-refractivity contribution in [2.45, 2.75) is 6.18 Å². The van der Waals surface area contributed by atoms with E-state index in [2.05, 4.69) is 15.3 Å². The molecule has 1 N–H and O–H groups in total. The minimum atomic E-state index is -4.76. The number of alkyl halides is 3. The van der Waals surface area contributed by atoms with Crippen molar-refractivity contribution < 1.29 is 17.6 Å². The van der Waals surface area contributed by atoms with Crippen LogP contribution in [0.2, 0.25) is 5.15 Å². The summed E-state index contributed by atoms with van der Waals surface area (Å²) >= 11 is 5.61. The van der Waals surface area contributed by atoms with Crippen molar-refractivity contribution in [2.24, 2.45) is 0 Å². The number of rotatable bonds is 2. The molecule has 0 spiro atoms. The summed E-state index contributed by atoms with van der Waals surface area (Å²) in [5.74, 6) is -1.13. The Hall–Kier alpha value is -1.89. The van der Waals surface area contributed by atoms with Crippen molar-refractivity contribution in [2.75, 3.05) is 5.32 Å². The van der Waals surface area contributed by atoms with E-state index < -0.39 is 17.6 Å². The van der Waals surface area contributed by atoms with Gasteiger partial charge in [-0.05, 0) is 18.2 Å². The molecule has 0 fully saturated rings. The van der Waals surface area contributed by atoms with Crippen LogP contribution in [0.4, 0.5) is 29.1 Å². The number of anilines is 2. The van der Waals surface area contributed by atoms with E-state index in [1.165, 1.54) is 12.1 Å². The lowest BCUT2D eigenvalue weighted by Crippen LogP contribution is -2.08.